The predicted octanol–water partition coefficient (Wildman–Crippen LogP) is -2.59. The minimum Gasteiger partial charge on any atom is -0.337 e. The van der Waals surface area contributed by atoms with E-state index < -0.39 is 0 Å². The van der Waals surface area contributed by atoms with Crippen molar-refractivity contribution in [3.63, 3.8) is 0 Å². The van der Waals surface area contributed by atoms with E-state index in [1.54, 1.807) is 0 Å². The molecule has 0 aromatic rings. The van der Waals surface area contributed by atoms with E-state index >= 15 is 0 Å². The molecule has 0 heterocycles. The second-order valence-electron chi connectivity index (χ2n) is 0.455. The van der Waals surface area contributed by atoms with Crippen molar-refractivity contribution in [1.29, 1.82) is 0 Å². The molecule has 0 rings (SSSR count). The number of carbonyl (C=O) groups excluding carboxylic acids is 1. The van der Waals surface area contributed by atoms with Crippen LogP contribution in [0.5, 0.6) is 0 Å². The molecule has 5 heavy (non-hydrogen) atoms. The van der Waals surface area contributed by atoms with Crippen molar-refractivity contribution >= 4 is 6.29 Å². The van der Waals surface area contributed by atoms with Gasteiger partial charge < -0.3 is 11.7 Å². The van der Waals surface area contributed by atoms with Crippen molar-refractivity contribution in [1.82, 2.24) is 0 Å². The third-order valence-electron chi connectivity index (χ3n) is 0.118. The topological polar surface area (TPSA) is 17.1 Å². The molecule has 0 aliphatic heterocycles. The molecule has 0 bridgehead atoms. The van der Waals surface area contributed by atoms with Gasteiger partial charge in [0.25, 0.3) is 0 Å². The van der Waals surface area contributed by atoms with E-state index in [1.165, 1.54) is 0 Å². The molecule has 0 fully saturated rings. The number of hydrogen-bond acceptors (Lipinski definition) is 1. The summed E-state index contributed by atoms with van der Waals surface area (Å²) in [6.07, 6.45) is 1.15. The Morgan fingerprint density at radius 2 is 2.00 bits per heavy atom. The molecule has 0 atom stereocenters. The Labute approximate surface area is 74.6 Å². The van der Waals surface area contributed by atoms with Gasteiger partial charge in [0, 0.05) is 0 Å². The van der Waals surface area contributed by atoms with Crippen LogP contribution in [-0.4, -0.2) is 6.29 Å². The first-order valence-corrected chi connectivity index (χ1v) is 1.14. The van der Waals surface area contributed by atoms with Gasteiger partial charge in [0.2, 0.25) is 0 Å². The van der Waals surface area contributed by atoms with Crippen LogP contribution in [0, 0.1) is 6.92 Å². The monoisotopic (exact) mass is 96.0 g/mol. The molecule has 0 unspecified atom stereocenters. The van der Waals surface area contributed by atoms with Crippen LogP contribution in [0.15, 0.2) is 0 Å². The summed E-state index contributed by atoms with van der Waals surface area (Å²) in [7, 11) is 0. The Kier molecular flexibility index (Phi) is 17.2. The Morgan fingerprint density at radius 1 is 1.80 bits per heavy atom. The van der Waals surface area contributed by atoms with Crippen LogP contribution in [-0.2, 0) is 4.79 Å². The smallest absolute Gasteiger partial charge is 0.337 e. The van der Waals surface area contributed by atoms with Crippen LogP contribution >= 0.6 is 0 Å². The molecule has 24 valence electrons. The van der Waals surface area contributed by atoms with Crippen molar-refractivity contribution in [2.45, 2.75) is 6.42 Å². The molecule has 0 amide bonds. The number of aldehydes is 1. The molecular formula is C3H5KO. The largest absolute Gasteiger partial charge is 1.00 e. The zero-order valence-corrected chi connectivity index (χ0v) is 6.52. The van der Waals surface area contributed by atoms with E-state index in [0.717, 1.165) is 6.29 Å². The van der Waals surface area contributed by atoms with Gasteiger partial charge in [0.1, 0.15) is 0 Å². The summed E-state index contributed by atoms with van der Waals surface area (Å²) in [6.45, 7) is 3.24. The molecule has 2 heteroatoms. The molecule has 0 saturated heterocycles. The van der Waals surface area contributed by atoms with Crippen LogP contribution < -0.4 is 51.4 Å². The van der Waals surface area contributed by atoms with Gasteiger partial charge in [-0.05, 0) is 0 Å². The van der Waals surface area contributed by atoms with Crippen molar-refractivity contribution in [3.05, 3.63) is 6.92 Å². The van der Waals surface area contributed by atoms with Crippen LogP contribution in [0.2, 0.25) is 0 Å². The SMILES string of the molecule is [CH2-]CC=O.[K+]. The van der Waals surface area contributed by atoms with Gasteiger partial charge in [-0.3, -0.25) is 0 Å². The quantitative estimate of drug-likeness (QED) is 0.199. The molecule has 0 aromatic heterocycles. The molecule has 0 radical (unpaired) electrons. The van der Waals surface area contributed by atoms with Crippen LogP contribution in [0.3, 0.4) is 0 Å². The maximum absolute atomic E-state index is 9.11. The van der Waals surface area contributed by atoms with Gasteiger partial charge in [-0.25, -0.2) is 0 Å². The first-order chi connectivity index (χ1) is 1.91. The average molecular weight is 96.2 g/mol. The van der Waals surface area contributed by atoms with Gasteiger partial charge in [0.05, 0.1) is 6.29 Å². The van der Waals surface area contributed by atoms with E-state index in [4.69, 9.17) is 4.79 Å². The van der Waals surface area contributed by atoms with Crippen LogP contribution in [0.25, 0.3) is 0 Å². The summed E-state index contributed by atoms with van der Waals surface area (Å²) in [5, 5.41) is 0. The van der Waals surface area contributed by atoms with Crippen molar-refractivity contribution in [2.24, 2.45) is 0 Å². The summed E-state index contributed by atoms with van der Waals surface area (Å²) < 4.78 is 0. The van der Waals surface area contributed by atoms with Gasteiger partial charge in [-0.1, -0.05) is 0 Å². The molecule has 0 saturated carbocycles. The van der Waals surface area contributed by atoms with E-state index in [0.29, 0.717) is 6.42 Å². The minimum absolute atomic E-state index is 0. The molecule has 1 nitrogen and oxygen atoms in total. The standard InChI is InChI=1S/C3H5O.K/c1-2-3-4;/h3H,1-2H2;/q-1;+1. The third-order valence-corrected chi connectivity index (χ3v) is 0.118. The van der Waals surface area contributed by atoms with Crippen molar-refractivity contribution in [2.75, 3.05) is 0 Å². The fraction of sp³-hybridized carbons (Fsp3) is 0.333. The average Bonchev–Trinajstić information content (AvgIpc) is 1.37. The summed E-state index contributed by atoms with van der Waals surface area (Å²) >= 11 is 0. The summed E-state index contributed by atoms with van der Waals surface area (Å²) in [4.78, 5) is 9.11. The van der Waals surface area contributed by atoms with Crippen LogP contribution in [0.4, 0.5) is 0 Å². The molecule has 0 aliphatic carbocycles. The zero-order chi connectivity index (χ0) is 3.41. The third kappa shape index (κ3) is 10.9. The number of carbonyl (C=O) groups is 1. The van der Waals surface area contributed by atoms with E-state index in [2.05, 4.69) is 6.92 Å². The summed E-state index contributed by atoms with van der Waals surface area (Å²) in [6, 6.07) is 0. The molecule has 0 aromatic carbocycles. The Balaban J connectivity index is 0. The molecule has 0 spiro atoms. The van der Waals surface area contributed by atoms with Gasteiger partial charge in [-0.15, -0.1) is 6.42 Å². The zero-order valence-electron chi connectivity index (χ0n) is 3.40. The summed E-state index contributed by atoms with van der Waals surface area (Å²) in [5.74, 6) is 0. The fourth-order valence-corrected chi connectivity index (χ4v) is 0. The van der Waals surface area contributed by atoms with E-state index in [1.807, 2.05) is 0 Å². The number of rotatable bonds is 1. The van der Waals surface area contributed by atoms with E-state index in [9.17, 15) is 0 Å². The van der Waals surface area contributed by atoms with Gasteiger partial charge in [0.15, 0.2) is 0 Å². The Bertz CT molecular complexity index is 20.9. The first-order valence-electron chi connectivity index (χ1n) is 1.14. The van der Waals surface area contributed by atoms with Crippen LogP contribution in [0.1, 0.15) is 6.42 Å². The maximum Gasteiger partial charge on any atom is 1.00 e. The normalized spacial score (nSPS) is 5.00. The second-order valence-corrected chi connectivity index (χ2v) is 0.455. The van der Waals surface area contributed by atoms with Gasteiger partial charge in [-0.2, -0.15) is 0 Å². The molecule has 0 aliphatic rings. The Hall–Kier alpha value is 1.31. The minimum atomic E-state index is 0. The summed E-state index contributed by atoms with van der Waals surface area (Å²) in [5.41, 5.74) is 0. The molecule has 0 N–H and O–H groups in total. The predicted molar refractivity (Wildman–Crippen MR) is 16.0 cm³/mol. The van der Waals surface area contributed by atoms with Gasteiger partial charge >= 0.3 is 51.4 Å². The molecular weight excluding hydrogens is 91.1 g/mol. The number of hydrogen-bond donors (Lipinski definition) is 0. The van der Waals surface area contributed by atoms with Crippen molar-refractivity contribution in [3.8, 4) is 0 Å². The Morgan fingerprint density at radius 3 is 2.00 bits per heavy atom. The second kappa shape index (κ2) is 9.00. The maximum atomic E-state index is 9.11. The fourth-order valence-electron chi connectivity index (χ4n) is 0. The first kappa shape index (κ1) is 9.58. The van der Waals surface area contributed by atoms with E-state index in [-0.39, 0.29) is 51.4 Å². The van der Waals surface area contributed by atoms with Crippen molar-refractivity contribution < 1.29 is 56.2 Å².